The van der Waals surface area contributed by atoms with E-state index in [-0.39, 0.29) is 12.1 Å². The number of carbonyl (C=O) groups excluding carboxylic acids is 1. The fourth-order valence-electron chi connectivity index (χ4n) is 3.12. The molecule has 2 rings (SSSR count). The van der Waals surface area contributed by atoms with E-state index in [0.29, 0.717) is 18.4 Å². The van der Waals surface area contributed by atoms with Crippen LogP contribution in [0, 0.1) is 11.3 Å². The van der Waals surface area contributed by atoms with Gasteiger partial charge in [0.2, 0.25) is 0 Å². The lowest BCUT2D eigenvalue weighted by molar-refractivity contribution is -0.148. The predicted octanol–water partition coefficient (Wildman–Crippen LogP) is 2.85. The van der Waals surface area contributed by atoms with E-state index in [9.17, 15) is 14.7 Å². The van der Waals surface area contributed by atoms with Gasteiger partial charge in [-0.05, 0) is 44.9 Å². The molecule has 2 atom stereocenters. The van der Waals surface area contributed by atoms with Crippen molar-refractivity contribution >= 4 is 12.0 Å². The van der Waals surface area contributed by atoms with E-state index in [0.717, 1.165) is 38.6 Å². The number of hydrogen-bond donors (Lipinski definition) is 2. The molecule has 0 bridgehead atoms. The number of carboxylic acids is 1. The minimum Gasteiger partial charge on any atom is -0.481 e. The van der Waals surface area contributed by atoms with Gasteiger partial charge in [-0.3, -0.25) is 4.79 Å². The summed E-state index contributed by atoms with van der Waals surface area (Å²) in [5.74, 6) is -0.236. The lowest BCUT2D eigenvalue weighted by Crippen LogP contribution is -2.52. The number of carbonyl (C=O) groups is 2. The van der Waals surface area contributed by atoms with Crippen molar-refractivity contribution in [3.8, 4) is 0 Å². The largest absolute Gasteiger partial charge is 0.481 e. The van der Waals surface area contributed by atoms with Crippen LogP contribution in [-0.4, -0.2) is 40.6 Å². The normalized spacial score (nSPS) is 28.7. The zero-order valence-electron chi connectivity index (χ0n) is 13.4. The molecule has 120 valence electrons. The van der Waals surface area contributed by atoms with Crippen LogP contribution in [0.2, 0.25) is 0 Å². The number of nitrogens with zero attached hydrogens (tertiary/aromatic N) is 1. The van der Waals surface area contributed by atoms with E-state index in [1.165, 1.54) is 0 Å². The van der Waals surface area contributed by atoms with Gasteiger partial charge < -0.3 is 15.3 Å². The molecule has 2 amide bonds. The van der Waals surface area contributed by atoms with Crippen LogP contribution in [0.15, 0.2) is 0 Å². The van der Waals surface area contributed by atoms with E-state index >= 15 is 0 Å². The predicted molar refractivity (Wildman–Crippen MR) is 81.1 cm³/mol. The molecule has 0 saturated heterocycles. The summed E-state index contributed by atoms with van der Waals surface area (Å²) >= 11 is 0. The summed E-state index contributed by atoms with van der Waals surface area (Å²) in [6.45, 7) is 6.83. The topological polar surface area (TPSA) is 69.6 Å². The molecular formula is C16H28N2O3. The standard InChI is InChI=1S/C16H28N2O3/c1-11(2)8-10-18(12-6-7-12)15(21)17-13-5-4-9-16(13,3)14(19)20/h11-13H,4-10H2,1-3H3,(H,17,21)(H,19,20). The molecule has 2 N–H and O–H groups in total. The summed E-state index contributed by atoms with van der Waals surface area (Å²) < 4.78 is 0. The van der Waals surface area contributed by atoms with Crippen molar-refractivity contribution < 1.29 is 14.7 Å². The number of amides is 2. The zero-order valence-corrected chi connectivity index (χ0v) is 13.4. The first kappa shape index (κ1) is 16.1. The molecule has 2 fully saturated rings. The third kappa shape index (κ3) is 3.69. The molecule has 2 aliphatic rings. The lowest BCUT2D eigenvalue weighted by atomic mass is 9.85. The van der Waals surface area contributed by atoms with Crippen LogP contribution >= 0.6 is 0 Å². The van der Waals surface area contributed by atoms with Crippen LogP contribution in [0.3, 0.4) is 0 Å². The zero-order chi connectivity index (χ0) is 15.6. The van der Waals surface area contributed by atoms with Crippen molar-refractivity contribution in [3.05, 3.63) is 0 Å². The van der Waals surface area contributed by atoms with Gasteiger partial charge in [-0.25, -0.2) is 4.79 Å². The number of nitrogens with one attached hydrogen (secondary N) is 1. The van der Waals surface area contributed by atoms with Crippen LogP contribution < -0.4 is 5.32 Å². The van der Waals surface area contributed by atoms with E-state index in [1.807, 2.05) is 4.90 Å². The van der Waals surface area contributed by atoms with Crippen molar-refractivity contribution in [2.45, 2.75) is 71.4 Å². The maximum atomic E-state index is 12.5. The molecule has 5 nitrogen and oxygen atoms in total. The van der Waals surface area contributed by atoms with Crippen LogP contribution in [-0.2, 0) is 4.79 Å². The van der Waals surface area contributed by atoms with Crippen molar-refractivity contribution in [1.29, 1.82) is 0 Å². The summed E-state index contributed by atoms with van der Waals surface area (Å²) in [6, 6.07) is 0.0431. The lowest BCUT2D eigenvalue weighted by Gasteiger charge is -2.31. The highest BCUT2D eigenvalue weighted by Gasteiger charge is 2.46. The van der Waals surface area contributed by atoms with Gasteiger partial charge in [0.05, 0.1) is 5.41 Å². The third-order valence-electron chi connectivity index (χ3n) is 4.94. The summed E-state index contributed by atoms with van der Waals surface area (Å²) in [7, 11) is 0. The van der Waals surface area contributed by atoms with Crippen LogP contribution in [0.5, 0.6) is 0 Å². The highest BCUT2D eigenvalue weighted by atomic mass is 16.4. The second kappa shape index (κ2) is 6.24. The van der Waals surface area contributed by atoms with Crippen molar-refractivity contribution in [3.63, 3.8) is 0 Å². The molecular weight excluding hydrogens is 268 g/mol. The SMILES string of the molecule is CC(C)CCN(C(=O)NC1CCCC1(C)C(=O)O)C1CC1. The quantitative estimate of drug-likeness (QED) is 0.792. The van der Waals surface area contributed by atoms with Gasteiger partial charge in [0.25, 0.3) is 0 Å². The summed E-state index contributed by atoms with van der Waals surface area (Å²) in [5, 5.41) is 12.4. The van der Waals surface area contributed by atoms with Crippen LogP contribution in [0.1, 0.15) is 59.3 Å². The Labute approximate surface area is 127 Å². The van der Waals surface area contributed by atoms with Gasteiger partial charge >= 0.3 is 12.0 Å². The van der Waals surface area contributed by atoms with Gasteiger partial charge in [0, 0.05) is 18.6 Å². The molecule has 2 aliphatic carbocycles. The molecule has 0 radical (unpaired) electrons. The number of rotatable bonds is 6. The number of hydrogen-bond acceptors (Lipinski definition) is 2. The molecule has 21 heavy (non-hydrogen) atoms. The fourth-order valence-corrected chi connectivity index (χ4v) is 3.12. The molecule has 0 aromatic carbocycles. The Kier molecular flexibility index (Phi) is 4.79. The molecule has 0 aromatic heterocycles. The second-order valence-electron chi connectivity index (χ2n) is 7.22. The van der Waals surface area contributed by atoms with E-state index in [1.54, 1.807) is 6.92 Å². The minimum atomic E-state index is -0.817. The monoisotopic (exact) mass is 296 g/mol. The Morgan fingerprint density at radius 1 is 1.33 bits per heavy atom. The van der Waals surface area contributed by atoms with E-state index < -0.39 is 11.4 Å². The average Bonchev–Trinajstić information content (AvgIpc) is 3.15. The summed E-state index contributed by atoms with van der Waals surface area (Å²) in [4.78, 5) is 25.9. The molecule has 0 heterocycles. The van der Waals surface area contributed by atoms with Gasteiger partial charge in [-0.1, -0.05) is 20.3 Å². The van der Waals surface area contributed by atoms with Crippen molar-refractivity contribution in [1.82, 2.24) is 10.2 Å². The molecule has 5 heteroatoms. The van der Waals surface area contributed by atoms with Crippen LogP contribution in [0.4, 0.5) is 4.79 Å². The average molecular weight is 296 g/mol. The maximum absolute atomic E-state index is 12.5. The molecule has 2 saturated carbocycles. The molecule has 0 spiro atoms. The van der Waals surface area contributed by atoms with E-state index in [4.69, 9.17) is 0 Å². The first-order valence-electron chi connectivity index (χ1n) is 8.15. The fraction of sp³-hybridized carbons (Fsp3) is 0.875. The van der Waals surface area contributed by atoms with Gasteiger partial charge in [0.15, 0.2) is 0 Å². The van der Waals surface area contributed by atoms with Crippen molar-refractivity contribution in [2.75, 3.05) is 6.54 Å². The van der Waals surface area contributed by atoms with Crippen molar-refractivity contribution in [2.24, 2.45) is 11.3 Å². The molecule has 0 aliphatic heterocycles. The third-order valence-corrected chi connectivity index (χ3v) is 4.94. The second-order valence-corrected chi connectivity index (χ2v) is 7.22. The minimum absolute atomic E-state index is 0.0717. The Morgan fingerprint density at radius 3 is 2.52 bits per heavy atom. The van der Waals surface area contributed by atoms with E-state index in [2.05, 4.69) is 19.2 Å². The summed E-state index contributed by atoms with van der Waals surface area (Å²) in [5.41, 5.74) is -0.817. The van der Waals surface area contributed by atoms with Crippen LogP contribution in [0.25, 0.3) is 0 Å². The Morgan fingerprint density at radius 2 is 2.00 bits per heavy atom. The number of aliphatic carboxylic acids is 1. The van der Waals surface area contributed by atoms with Gasteiger partial charge in [-0.15, -0.1) is 0 Å². The highest BCUT2D eigenvalue weighted by Crippen LogP contribution is 2.38. The number of carboxylic acid groups (broad SMARTS) is 1. The molecule has 2 unspecified atom stereocenters. The Bertz CT molecular complexity index is 406. The van der Waals surface area contributed by atoms with Gasteiger partial charge in [-0.2, -0.15) is 0 Å². The Hall–Kier alpha value is -1.26. The van der Waals surface area contributed by atoms with Gasteiger partial charge in [0.1, 0.15) is 0 Å². The number of urea groups is 1. The summed E-state index contributed by atoms with van der Waals surface area (Å²) in [6.07, 6.45) is 5.41. The first-order chi connectivity index (χ1) is 9.84. The Balaban J connectivity index is 1.96. The smallest absolute Gasteiger partial charge is 0.317 e. The maximum Gasteiger partial charge on any atom is 0.317 e. The molecule has 0 aromatic rings. The highest BCUT2D eigenvalue weighted by molar-refractivity contribution is 5.79. The first-order valence-corrected chi connectivity index (χ1v) is 8.15.